The molecular formula is C24H33N3O8S. The SMILES string of the molecule is Cc1c(Oc2ccc(CC3COS(O)(O)OC3)cc2)ncnc1OC1CCN(C(=O)OC(C)C)CC1. The number of likely N-dealkylation sites (tertiary alicyclic amines) is 1. The second-order valence-corrected chi connectivity index (χ2v) is 10.5. The molecule has 2 aliphatic heterocycles. The lowest BCUT2D eigenvalue weighted by Crippen LogP contribution is -2.42. The maximum atomic E-state index is 12.1. The van der Waals surface area contributed by atoms with E-state index >= 15 is 0 Å². The zero-order valence-electron chi connectivity index (χ0n) is 20.7. The third-order valence-electron chi connectivity index (χ3n) is 5.88. The van der Waals surface area contributed by atoms with E-state index in [4.69, 9.17) is 22.6 Å². The first-order valence-corrected chi connectivity index (χ1v) is 13.4. The summed E-state index contributed by atoms with van der Waals surface area (Å²) in [5.74, 6) is 1.52. The number of amides is 1. The first-order valence-electron chi connectivity index (χ1n) is 12.0. The van der Waals surface area contributed by atoms with E-state index < -0.39 is 11.2 Å². The van der Waals surface area contributed by atoms with Crippen molar-refractivity contribution in [2.75, 3.05) is 26.3 Å². The van der Waals surface area contributed by atoms with Gasteiger partial charge in [-0.25, -0.2) is 14.8 Å². The van der Waals surface area contributed by atoms with Crippen LogP contribution >= 0.6 is 11.2 Å². The molecule has 36 heavy (non-hydrogen) atoms. The van der Waals surface area contributed by atoms with Crippen LogP contribution in [0.25, 0.3) is 0 Å². The van der Waals surface area contributed by atoms with Gasteiger partial charge in [-0.2, -0.15) is 0 Å². The van der Waals surface area contributed by atoms with E-state index in [-0.39, 0.29) is 37.4 Å². The maximum Gasteiger partial charge on any atom is 0.410 e. The highest BCUT2D eigenvalue weighted by Crippen LogP contribution is 2.45. The van der Waals surface area contributed by atoms with Gasteiger partial charge in [0.1, 0.15) is 18.2 Å². The predicted octanol–water partition coefficient (Wildman–Crippen LogP) is 4.75. The number of rotatable bonds is 7. The Kier molecular flexibility index (Phi) is 8.52. The molecule has 2 aliphatic rings. The molecular weight excluding hydrogens is 490 g/mol. The smallest absolute Gasteiger partial charge is 0.410 e. The van der Waals surface area contributed by atoms with Crippen molar-refractivity contribution in [3.05, 3.63) is 41.7 Å². The van der Waals surface area contributed by atoms with Crippen molar-refractivity contribution < 1.29 is 36.5 Å². The number of ether oxygens (including phenoxy) is 3. The highest BCUT2D eigenvalue weighted by Gasteiger charge is 2.29. The summed E-state index contributed by atoms with van der Waals surface area (Å²) in [6.07, 6.45) is 2.96. The second kappa shape index (κ2) is 11.6. The summed E-state index contributed by atoms with van der Waals surface area (Å²) in [5.41, 5.74) is 1.74. The van der Waals surface area contributed by atoms with Crippen molar-refractivity contribution in [1.29, 1.82) is 0 Å². The van der Waals surface area contributed by atoms with Crippen LogP contribution in [0.15, 0.2) is 30.6 Å². The molecule has 1 amide bonds. The number of benzene rings is 1. The van der Waals surface area contributed by atoms with Crippen LogP contribution in [0.5, 0.6) is 17.5 Å². The van der Waals surface area contributed by atoms with Crippen molar-refractivity contribution in [2.45, 2.75) is 52.2 Å². The van der Waals surface area contributed by atoms with Crippen molar-refractivity contribution in [1.82, 2.24) is 14.9 Å². The summed E-state index contributed by atoms with van der Waals surface area (Å²) in [6.45, 7) is 7.11. The molecule has 12 heteroatoms. The summed E-state index contributed by atoms with van der Waals surface area (Å²) >= 11 is -3.34. The molecule has 4 rings (SSSR count). The number of piperidine rings is 1. The zero-order chi connectivity index (χ0) is 25.7. The van der Waals surface area contributed by atoms with Crippen molar-refractivity contribution in [3.63, 3.8) is 0 Å². The molecule has 0 spiro atoms. The van der Waals surface area contributed by atoms with Gasteiger partial charge in [0.05, 0.1) is 24.9 Å². The quantitative estimate of drug-likeness (QED) is 0.524. The average Bonchev–Trinajstić information content (AvgIpc) is 2.84. The molecule has 2 fully saturated rings. The Morgan fingerprint density at radius 2 is 1.75 bits per heavy atom. The molecule has 11 nitrogen and oxygen atoms in total. The molecule has 0 saturated carbocycles. The van der Waals surface area contributed by atoms with Crippen molar-refractivity contribution in [2.24, 2.45) is 5.92 Å². The molecule has 0 unspecified atom stereocenters. The van der Waals surface area contributed by atoms with Gasteiger partial charge in [0.2, 0.25) is 22.9 Å². The summed E-state index contributed by atoms with van der Waals surface area (Å²) < 4.78 is 46.0. The Bertz CT molecular complexity index is 1020. The number of carbonyl (C=O) groups excluding carboxylic acids is 1. The third kappa shape index (κ3) is 7.20. The lowest BCUT2D eigenvalue weighted by Gasteiger charge is -2.33. The van der Waals surface area contributed by atoms with Gasteiger partial charge in [-0.05, 0) is 44.9 Å². The normalized spacial score (nSPS) is 19.7. The summed E-state index contributed by atoms with van der Waals surface area (Å²) in [6, 6.07) is 7.57. The number of carbonyl (C=O) groups is 1. The van der Waals surface area contributed by atoms with Crippen LogP contribution in [-0.2, 0) is 19.5 Å². The van der Waals surface area contributed by atoms with Gasteiger partial charge in [0.15, 0.2) is 0 Å². The van der Waals surface area contributed by atoms with Gasteiger partial charge in [-0.15, -0.1) is 0 Å². The average molecular weight is 524 g/mol. The minimum atomic E-state index is -3.34. The Hall–Kier alpha value is -2.64. The van der Waals surface area contributed by atoms with Crippen LogP contribution in [0.3, 0.4) is 0 Å². The van der Waals surface area contributed by atoms with E-state index in [1.54, 1.807) is 4.90 Å². The van der Waals surface area contributed by atoms with Gasteiger partial charge in [-0.3, -0.25) is 17.5 Å². The van der Waals surface area contributed by atoms with E-state index in [1.165, 1.54) is 6.33 Å². The van der Waals surface area contributed by atoms with Gasteiger partial charge in [0, 0.05) is 31.8 Å². The third-order valence-corrected chi connectivity index (χ3v) is 6.77. The van der Waals surface area contributed by atoms with Gasteiger partial charge < -0.3 is 19.1 Å². The van der Waals surface area contributed by atoms with E-state index in [2.05, 4.69) is 9.97 Å². The molecule has 0 bridgehead atoms. The lowest BCUT2D eigenvalue weighted by molar-refractivity contribution is 0.0504. The maximum absolute atomic E-state index is 12.1. The number of aromatic nitrogens is 2. The largest absolute Gasteiger partial charge is 0.474 e. The first-order chi connectivity index (χ1) is 17.2. The van der Waals surface area contributed by atoms with E-state index in [9.17, 15) is 13.9 Å². The van der Waals surface area contributed by atoms with Gasteiger partial charge in [-0.1, -0.05) is 12.1 Å². The van der Waals surface area contributed by atoms with Crippen LogP contribution in [0, 0.1) is 12.8 Å². The van der Waals surface area contributed by atoms with E-state index in [1.807, 2.05) is 45.0 Å². The number of hydrogen-bond donors (Lipinski definition) is 2. The van der Waals surface area contributed by atoms with Crippen molar-refractivity contribution in [3.8, 4) is 17.5 Å². The summed E-state index contributed by atoms with van der Waals surface area (Å²) in [5, 5.41) is 0. The lowest BCUT2D eigenvalue weighted by atomic mass is 10.0. The standard InChI is InChI=1S/C24H33N3O8S/c1-16(2)33-24(28)27-10-8-21(9-11-27)35-23-17(3)22(25-15-26-23)34-20-6-4-18(5-7-20)12-19-13-31-36(29,30)32-14-19/h4-7,15-16,19,21,29-30H,8-14H2,1-3H3. The first kappa shape index (κ1) is 26.4. The fraction of sp³-hybridized carbons (Fsp3) is 0.542. The highest BCUT2D eigenvalue weighted by atomic mass is 32.3. The van der Waals surface area contributed by atoms with Gasteiger partial charge in [0.25, 0.3) is 0 Å². The Morgan fingerprint density at radius 1 is 1.11 bits per heavy atom. The topological polar surface area (TPSA) is 133 Å². The van der Waals surface area contributed by atoms with E-state index in [0.29, 0.717) is 55.4 Å². The molecule has 2 N–H and O–H groups in total. The highest BCUT2D eigenvalue weighted by molar-refractivity contribution is 8.16. The van der Waals surface area contributed by atoms with Crippen LogP contribution in [0.1, 0.15) is 37.8 Å². The number of nitrogens with zero attached hydrogens (tertiary/aromatic N) is 3. The predicted molar refractivity (Wildman–Crippen MR) is 132 cm³/mol. The monoisotopic (exact) mass is 523 g/mol. The van der Waals surface area contributed by atoms with Crippen LogP contribution in [0.2, 0.25) is 0 Å². The summed E-state index contributed by atoms with van der Waals surface area (Å²) in [4.78, 5) is 22.3. The molecule has 0 radical (unpaired) electrons. The molecule has 0 aliphatic carbocycles. The molecule has 1 aromatic carbocycles. The fourth-order valence-corrected chi connectivity index (χ4v) is 4.75. The second-order valence-electron chi connectivity index (χ2n) is 9.18. The minimum absolute atomic E-state index is 0.0354. The summed E-state index contributed by atoms with van der Waals surface area (Å²) in [7, 11) is 0. The van der Waals surface area contributed by atoms with Crippen LogP contribution in [0.4, 0.5) is 4.79 Å². The molecule has 2 saturated heterocycles. The molecule has 3 heterocycles. The van der Waals surface area contributed by atoms with Crippen LogP contribution < -0.4 is 9.47 Å². The molecule has 198 valence electrons. The Morgan fingerprint density at radius 3 is 2.39 bits per heavy atom. The molecule has 0 atom stereocenters. The Balaban J connectivity index is 1.30. The fourth-order valence-electron chi connectivity index (χ4n) is 3.94. The Labute approximate surface area is 212 Å². The minimum Gasteiger partial charge on any atom is -0.474 e. The van der Waals surface area contributed by atoms with E-state index in [0.717, 1.165) is 5.56 Å². The van der Waals surface area contributed by atoms with Crippen molar-refractivity contribution >= 4 is 17.2 Å². The van der Waals surface area contributed by atoms with Gasteiger partial charge >= 0.3 is 6.09 Å². The molecule has 2 aromatic rings. The number of hydrogen-bond acceptors (Lipinski definition) is 10. The van der Waals surface area contributed by atoms with Crippen LogP contribution in [-0.4, -0.2) is 68.6 Å². The zero-order valence-corrected chi connectivity index (χ0v) is 21.5. The molecule has 1 aromatic heterocycles.